The Hall–Kier alpha value is -2.40. The average molecular weight is 337 g/mol. The number of rotatable bonds is 6. The second kappa shape index (κ2) is 7.23. The van der Waals surface area contributed by atoms with Gasteiger partial charge in [-0.2, -0.15) is 9.61 Å². The highest BCUT2D eigenvalue weighted by molar-refractivity contribution is 5.80. The zero-order valence-electron chi connectivity index (χ0n) is 15.7. The summed E-state index contributed by atoms with van der Waals surface area (Å²) in [5, 5.41) is 8.29. The Morgan fingerprint density at radius 2 is 1.88 bits per heavy atom. The predicted octanol–water partition coefficient (Wildman–Crippen LogP) is 3.80. The van der Waals surface area contributed by atoms with Gasteiger partial charge in [0, 0.05) is 30.4 Å². The SMILES string of the molecule is Cc1nn2c(NCCN(C)C)cc(C(C)C)nc2c1-c1ccccc1. The van der Waals surface area contributed by atoms with Gasteiger partial charge in [0.2, 0.25) is 0 Å². The highest BCUT2D eigenvalue weighted by Crippen LogP contribution is 2.30. The molecule has 0 fully saturated rings. The van der Waals surface area contributed by atoms with Gasteiger partial charge in [-0.15, -0.1) is 0 Å². The Labute approximate surface area is 149 Å². The molecule has 0 aliphatic rings. The second-order valence-electron chi connectivity index (χ2n) is 7.01. The van der Waals surface area contributed by atoms with E-state index in [-0.39, 0.29) is 0 Å². The molecule has 0 bridgehead atoms. The minimum Gasteiger partial charge on any atom is -0.369 e. The molecule has 5 heteroatoms. The first kappa shape index (κ1) is 17.4. The first-order valence-corrected chi connectivity index (χ1v) is 8.81. The topological polar surface area (TPSA) is 45.5 Å². The monoisotopic (exact) mass is 337 g/mol. The molecule has 0 aliphatic heterocycles. The molecule has 3 rings (SSSR count). The highest BCUT2D eigenvalue weighted by atomic mass is 15.3. The quantitative estimate of drug-likeness (QED) is 0.743. The number of hydrogen-bond donors (Lipinski definition) is 1. The van der Waals surface area contributed by atoms with Crippen LogP contribution in [-0.4, -0.2) is 46.7 Å². The zero-order valence-corrected chi connectivity index (χ0v) is 15.7. The van der Waals surface area contributed by atoms with E-state index in [9.17, 15) is 0 Å². The maximum atomic E-state index is 4.93. The van der Waals surface area contributed by atoms with E-state index in [4.69, 9.17) is 10.1 Å². The van der Waals surface area contributed by atoms with Gasteiger partial charge in [-0.3, -0.25) is 0 Å². The fraction of sp³-hybridized carbons (Fsp3) is 0.400. The van der Waals surface area contributed by atoms with E-state index in [0.717, 1.165) is 47.1 Å². The van der Waals surface area contributed by atoms with Gasteiger partial charge in [-0.1, -0.05) is 44.2 Å². The summed E-state index contributed by atoms with van der Waals surface area (Å²) in [5.74, 6) is 1.36. The van der Waals surface area contributed by atoms with Crippen LogP contribution < -0.4 is 5.32 Å². The van der Waals surface area contributed by atoms with Crippen molar-refractivity contribution in [2.45, 2.75) is 26.7 Å². The molecule has 0 saturated heterocycles. The van der Waals surface area contributed by atoms with Crippen molar-refractivity contribution < 1.29 is 0 Å². The van der Waals surface area contributed by atoms with Gasteiger partial charge < -0.3 is 10.2 Å². The molecule has 5 nitrogen and oxygen atoms in total. The van der Waals surface area contributed by atoms with E-state index in [2.05, 4.69) is 75.4 Å². The first-order chi connectivity index (χ1) is 12.0. The number of likely N-dealkylation sites (N-methyl/N-ethyl adjacent to an activating group) is 1. The fourth-order valence-corrected chi connectivity index (χ4v) is 2.91. The third kappa shape index (κ3) is 3.66. The molecule has 0 unspecified atom stereocenters. The molecule has 2 heterocycles. The van der Waals surface area contributed by atoms with Gasteiger partial charge >= 0.3 is 0 Å². The number of benzene rings is 1. The lowest BCUT2D eigenvalue weighted by Crippen LogP contribution is -2.22. The lowest BCUT2D eigenvalue weighted by molar-refractivity contribution is 0.425. The number of hydrogen-bond acceptors (Lipinski definition) is 4. The van der Waals surface area contributed by atoms with Crippen molar-refractivity contribution in [2.24, 2.45) is 0 Å². The van der Waals surface area contributed by atoms with Gasteiger partial charge in [0.1, 0.15) is 5.82 Å². The van der Waals surface area contributed by atoms with Crippen molar-refractivity contribution >= 4 is 11.5 Å². The van der Waals surface area contributed by atoms with Crippen LogP contribution in [0.25, 0.3) is 16.8 Å². The molecule has 0 radical (unpaired) electrons. The summed E-state index contributed by atoms with van der Waals surface area (Å²) in [6, 6.07) is 12.5. The van der Waals surface area contributed by atoms with Crippen molar-refractivity contribution in [1.29, 1.82) is 0 Å². The van der Waals surface area contributed by atoms with Crippen molar-refractivity contribution in [3.8, 4) is 11.1 Å². The van der Waals surface area contributed by atoms with Crippen molar-refractivity contribution in [3.63, 3.8) is 0 Å². The Balaban J connectivity index is 2.13. The number of nitrogens with one attached hydrogen (secondary N) is 1. The van der Waals surface area contributed by atoms with Crippen LogP contribution in [0.3, 0.4) is 0 Å². The van der Waals surface area contributed by atoms with E-state index >= 15 is 0 Å². The third-order valence-electron chi connectivity index (χ3n) is 4.30. The van der Waals surface area contributed by atoms with Crippen LogP contribution in [0.2, 0.25) is 0 Å². The summed E-state index contributed by atoms with van der Waals surface area (Å²) in [4.78, 5) is 7.09. The van der Waals surface area contributed by atoms with E-state index in [1.807, 2.05) is 10.6 Å². The summed E-state index contributed by atoms with van der Waals surface area (Å²) >= 11 is 0. The number of aryl methyl sites for hydroxylation is 1. The van der Waals surface area contributed by atoms with Crippen LogP contribution in [0.15, 0.2) is 36.4 Å². The van der Waals surface area contributed by atoms with Gasteiger partial charge in [0.25, 0.3) is 0 Å². The number of anilines is 1. The van der Waals surface area contributed by atoms with Gasteiger partial charge in [-0.25, -0.2) is 4.98 Å². The van der Waals surface area contributed by atoms with E-state index in [0.29, 0.717) is 5.92 Å². The zero-order chi connectivity index (χ0) is 18.0. The van der Waals surface area contributed by atoms with Crippen LogP contribution in [-0.2, 0) is 0 Å². The molecule has 0 aliphatic carbocycles. The molecular formula is C20H27N5. The van der Waals surface area contributed by atoms with Crippen LogP contribution in [0.5, 0.6) is 0 Å². The van der Waals surface area contributed by atoms with Crippen LogP contribution >= 0.6 is 0 Å². The lowest BCUT2D eigenvalue weighted by Gasteiger charge is -2.14. The van der Waals surface area contributed by atoms with Crippen LogP contribution in [0.1, 0.15) is 31.2 Å². The van der Waals surface area contributed by atoms with Crippen molar-refractivity contribution in [2.75, 3.05) is 32.5 Å². The summed E-state index contributed by atoms with van der Waals surface area (Å²) in [6.07, 6.45) is 0. The van der Waals surface area contributed by atoms with Crippen LogP contribution in [0.4, 0.5) is 5.82 Å². The molecule has 1 aromatic carbocycles. The Bertz CT molecular complexity index is 849. The molecule has 0 amide bonds. The van der Waals surface area contributed by atoms with Gasteiger partial charge in [-0.05, 0) is 32.5 Å². The minimum atomic E-state index is 0.359. The summed E-state index contributed by atoms with van der Waals surface area (Å²) < 4.78 is 1.94. The molecule has 2 aromatic heterocycles. The average Bonchev–Trinajstić information content (AvgIpc) is 2.91. The molecule has 0 spiro atoms. The summed E-state index contributed by atoms with van der Waals surface area (Å²) in [7, 11) is 4.16. The second-order valence-corrected chi connectivity index (χ2v) is 7.01. The van der Waals surface area contributed by atoms with Crippen LogP contribution in [0, 0.1) is 6.92 Å². The molecule has 0 atom stereocenters. The molecular weight excluding hydrogens is 310 g/mol. The largest absolute Gasteiger partial charge is 0.369 e. The molecule has 1 N–H and O–H groups in total. The predicted molar refractivity (Wildman–Crippen MR) is 104 cm³/mol. The normalized spacial score (nSPS) is 11.6. The standard InChI is InChI=1S/C20H27N5/c1-14(2)17-13-18(21-11-12-24(4)5)25-20(22-17)19(15(3)23-25)16-9-7-6-8-10-16/h6-10,13-14,21H,11-12H2,1-5H3. The smallest absolute Gasteiger partial charge is 0.165 e. The Kier molecular flexibility index (Phi) is 5.04. The first-order valence-electron chi connectivity index (χ1n) is 8.81. The highest BCUT2D eigenvalue weighted by Gasteiger charge is 2.17. The molecule has 0 saturated carbocycles. The fourth-order valence-electron chi connectivity index (χ4n) is 2.91. The number of nitrogens with zero attached hydrogens (tertiary/aromatic N) is 4. The van der Waals surface area contributed by atoms with Crippen molar-refractivity contribution in [3.05, 3.63) is 47.8 Å². The Morgan fingerprint density at radius 3 is 2.52 bits per heavy atom. The summed E-state index contributed by atoms with van der Waals surface area (Å²) in [6.45, 7) is 8.23. The minimum absolute atomic E-state index is 0.359. The van der Waals surface area contributed by atoms with Crippen molar-refractivity contribution in [1.82, 2.24) is 19.5 Å². The van der Waals surface area contributed by atoms with E-state index < -0.39 is 0 Å². The molecule has 25 heavy (non-hydrogen) atoms. The van der Waals surface area contributed by atoms with Gasteiger partial charge in [0.05, 0.1) is 5.69 Å². The van der Waals surface area contributed by atoms with E-state index in [1.165, 1.54) is 0 Å². The molecule has 3 aromatic rings. The Morgan fingerprint density at radius 1 is 1.16 bits per heavy atom. The third-order valence-corrected chi connectivity index (χ3v) is 4.30. The lowest BCUT2D eigenvalue weighted by atomic mass is 10.1. The number of fused-ring (bicyclic) bond motifs is 1. The maximum absolute atomic E-state index is 4.93. The van der Waals surface area contributed by atoms with Gasteiger partial charge in [0.15, 0.2) is 5.65 Å². The summed E-state index contributed by atoms with van der Waals surface area (Å²) in [5.41, 5.74) is 5.26. The number of aromatic nitrogens is 3. The maximum Gasteiger partial charge on any atom is 0.165 e. The van der Waals surface area contributed by atoms with E-state index in [1.54, 1.807) is 0 Å². The molecule has 132 valence electrons.